The minimum atomic E-state index is 1.06. The van der Waals surface area contributed by atoms with E-state index in [4.69, 9.17) is 0 Å². The van der Waals surface area contributed by atoms with E-state index in [9.17, 15) is 0 Å². The molecule has 28 heavy (non-hydrogen) atoms. The zero-order valence-electron chi connectivity index (χ0n) is 15.9. The van der Waals surface area contributed by atoms with Gasteiger partial charge in [0.2, 0.25) is 11.2 Å². The highest BCUT2D eigenvalue weighted by atomic mass is 15.0. The minimum absolute atomic E-state index is 1.06. The fraction of sp³-hybridized carbons (Fsp3) is 0.148. The fourth-order valence-corrected chi connectivity index (χ4v) is 5.15. The number of rotatable bonds is 2. The Morgan fingerprint density at radius 1 is 0.607 bits per heavy atom. The molecule has 2 aliphatic rings. The van der Waals surface area contributed by atoms with Crippen LogP contribution in [0, 0.1) is 0 Å². The van der Waals surface area contributed by atoms with Gasteiger partial charge in [-0.25, -0.2) is 0 Å². The first-order chi connectivity index (χ1) is 13.9. The van der Waals surface area contributed by atoms with Crippen molar-refractivity contribution in [3.8, 4) is 22.3 Å². The van der Waals surface area contributed by atoms with Crippen molar-refractivity contribution >= 4 is 16.5 Å². The molecule has 0 radical (unpaired) electrons. The number of aromatic nitrogens is 1. The van der Waals surface area contributed by atoms with Crippen LogP contribution in [0.15, 0.2) is 90.5 Å². The highest BCUT2D eigenvalue weighted by Gasteiger charge is 2.38. The molecule has 1 aliphatic heterocycles. The van der Waals surface area contributed by atoms with Gasteiger partial charge in [-0.1, -0.05) is 72.8 Å². The monoisotopic (exact) mass is 360 g/mol. The number of hydrogen-bond donors (Lipinski definition) is 0. The second-order valence-corrected chi connectivity index (χ2v) is 7.87. The molecule has 2 heterocycles. The molecule has 3 aromatic carbocycles. The minimum Gasteiger partial charge on any atom is -0.187 e. The molecule has 1 heteroatoms. The van der Waals surface area contributed by atoms with Crippen LogP contribution in [-0.4, -0.2) is 0 Å². The quantitative estimate of drug-likeness (QED) is 0.364. The van der Waals surface area contributed by atoms with Crippen LogP contribution in [0.25, 0.3) is 38.7 Å². The molecule has 1 nitrogen and oxygen atoms in total. The van der Waals surface area contributed by atoms with Crippen molar-refractivity contribution in [3.63, 3.8) is 0 Å². The number of allylic oxidation sites excluding steroid dienone is 2. The van der Waals surface area contributed by atoms with Gasteiger partial charge in [-0.05, 0) is 36.5 Å². The standard InChI is InChI=1S/C27H22N/c1-3-10-19(11-4-1)25-23-15-7-8-17-24(23)28-18-21-14-9-16-22(21)27(28)26(25)20-12-5-2-6-13-20/h1-8,10-13,15,17H,9,14,16,18H2/q+1. The lowest BCUT2D eigenvalue weighted by Crippen LogP contribution is -2.37. The zero-order chi connectivity index (χ0) is 18.5. The molecule has 134 valence electrons. The van der Waals surface area contributed by atoms with E-state index < -0.39 is 0 Å². The summed E-state index contributed by atoms with van der Waals surface area (Å²) in [5.74, 6) is 0. The van der Waals surface area contributed by atoms with Crippen LogP contribution in [0.2, 0.25) is 0 Å². The van der Waals surface area contributed by atoms with E-state index in [0.29, 0.717) is 0 Å². The third kappa shape index (κ3) is 2.23. The fourth-order valence-electron chi connectivity index (χ4n) is 5.15. The van der Waals surface area contributed by atoms with Crippen molar-refractivity contribution in [2.24, 2.45) is 0 Å². The summed E-state index contributed by atoms with van der Waals surface area (Å²) < 4.78 is 2.58. The normalized spacial score (nSPS) is 15.1. The first kappa shape index (κ1) is 15.8. The summed E-state index contributed by atoms with van der Waals surface area (Å²) in [7, 11) is 0. The first-order valence-corrected chi connectivity index (χ1v) is 10.2. The highest BCUT2D eigenvalue weighted by Crippen LogP contribution is 2.46. The predicted octanol–water partition coefficient (Wildman–Crippen LogP) is 6.41. The summed E-state index contributed by atoms with van der Waals surface area (Å²) >= 11 is 0. The highest BCUT2D eigenvalue weighted by molar-refractivity contribution is 6.04. The van der Waals surface area contributed by atoms with Crippen LogP contribution in [0.4, 0.5) is 0 Å². The lowest BCUT2D eigenvalue weighted by Gasteiger charge is -2.16. The van der Waals surface area contributed by atoms with E-state index in [1.165, 1.54) is 58.1 Å². The van der Waals surface area contributed by atoms with Crippen molar-refractivity contribution in [3.05, 3.63) is 96.2 Å². The summed E-state index contributed by atoms with van der Waals surface area (Å²) in [6, 6.07) is 30.8. The Kier molecular flexibility index (Phi) is 3.49. The van der Waals surface area contributed by atoms with Gasteiger partial charge in [0.15, 0.2) is 6.54 Å². The topological polar surface area (TPSA) is 3.88 Å². The van der Waals surface area contributed by atoms with Crippen molar-refractivity contribution < 1.29 is 4.57 Å². The number of para-hydroxylation sites is 1. The van der Waals surface area contributed by atoms with Gasteiger partial charge in [-0.3, -0.25) is 0 Å². The number of benzene rings is 3. The van der Waals surface area contributed by atoms with Gasteiger partial charge in [0.1, 0.15) is 0 Å². The molecular formula is C27H22N+. The molecular weight excluding hydrogens is 338 g/mol. The Labute approximate surface area is 165 Å². The molecule has 0 saturated heterocycles. The maximum atomic E-state index is 2.58. The largest absolute Gasteiger partial charge is 0.217 e. The van der Waals surface area contributed by atoms with E-state index in [1.54, 1.807) is 11.1 Å². The van der Waals surface area contributed by atoms with Crippen LogP contribution in [0.1, 0.15) is 25.0 Å². The molecule has 6 rings (SSSR count). The van der Waals surface area contributed by atoms with Crippen LogP contribution in [0.5, 0.6) is 0 Å². The van der Waals surface area contributed by atoms with Gasteiger partial charge in [-0.15, -0.1) is 0 Å². The van der Waals surface area contributed by atoms with Crippen LogP contribution in [-0.2, 0) is 6.54 Å². The van der Waals surface area contributed by atoms with E-state index in [-0.39, 0.29) is 0 Å². The van der Waals surface area contributed by atoms with Gasteiger partial charge in [0.25, 0.3) is 0 Å². The second-order valence-electron chi connectivity index (χ2n) is 7.87. The summed E-state index contributed by atoms with van der Waals surface area (Å²) in [5.41, 5.74) is 11.4. The molecule has 0 N–H and O–H groups in total. The number of fused-ring (bicyclic) bond motifs is 4. The van der Waals surface area contributed by atoms with E-state index in [2.05, 4.69) is 89.5 Å². The molecule has 0 amide bonds. The summed E-state index contributed by atoms with van der Waals surface area (Å²) in [4.78, 5) is 0. The van der Waals surface area contributed by atoms with E-state index >= 15 is 0 Å². The summed E-state index contributed by atoms with van der Waals surface area (Å²) in [6.45, 7) is 1.06. The zero-order valence-corrected chi connectivity index (χ0v) is 15.9. The second kappa shape index (κ2) is 6.17. The lowest BCUT2D eigenvalue weighted by molar-refractivity contribution is -0.660. The molecule has 0 unspecified atom stereocenters. The van der Waals surface area contributed by atoms with Crippen molar-refractivity contribution in [1.29, 1.82) is 0 Å². The first-order valence-electron chi connectivity index (χ1n) is 10.2. The third-order valence-electron chi connectivity index (χ3n) is 6.31. The Bertz CT molecular complexity index is 1230. The smallest absolute Gasteiger partial charge is 0.187 e. The molecule has 1 aliphatic carbocycles. The van der Waals surface area contributed by atoms with Gasteiger partial charge >= 0.3 is 0 Å². The van der Waals surface area contributed by atoms with Gasteiger partial charge in [-0.2, -0.15) is 4.57 Å². The summed E-state index contributed by atoms with van der Waals surface area (Å²) in [6.07, 6.45) is 3.76. The van der Waals surface area contributed by atoms with Gasteiger partial charge < -0.3 is 0 Å². The van der Waals surface area contributed by atoms with Crippen LogP contribution >= 0.6 is 0 Å². The maximum absolute atomic E-state index is 2.58. The van der Waals surface area contributed by atoms with Crippen molar-refractivity contribution in [2.45, 2.75) is 25.8 Å². The Morgan fingerprint density at radius 3 is 2.00 bits per heavy atom. The van der Waals surface area contributed by atoms with Crippen LogP contribution in [0.3, 0.4) is 0 Å². The Morgan fingerprint density at radius 2 is 1.25 bits per heavy atom. The van der Waals surface area contributed by atoms with Gasteiger partial charge in [0.05, 0.1) is 10.9 Å². The number of nitrogens with zero attached hydrogens (tertiary/aromatic N) is 1. The SMILES string of the molecule is c1ccc(-c2c(-c3ccccc3)c3ccccc3[n+]3c2C2=C(CCC2)C3)cc1. The molecule has 4 aromatic rings. The Balaban J connectivity index is 1.82. The average Bonchev–Trinajstić information content (AvgIpc) is 3.36. The third-order valence-corrected chi connectivity index (χ3v) is 6.31. The van der Waals surface area contributed by atoms with E-state index in [1.807, 2.05) is 0 Å². The molecule has 0 fully saturated rings. The van der Waals surface area contributed by atoms with Gasteiger partial charge in [0, 0.05) is 22.8 Å². The molecule has 0 atom stereocenters. The van der Waals surface area contributed by atoms with Crippen molar-refractivity contribution in [2.75, 3.05) is 0 Å². The van der Waals surface area contributed by atoms with Crippen molar-refractivity contribution in [1.82, 2.24) is 0 Å². The molecule has 0 bridgehead atoms. The molecule has 0 saturated carbocycles. The Hall–Kier alpha value is -3.19. The van der Waals surface area contributed by atoms with Crippen LogP contribution < -0.4 is 4.57 Å². The number of pyridine rings is 1. The maximum Gasteiger partial charge on any atom is 0.217 e. The summed E-state index contributed by atoms with van der Waals surface area (Å²) in [5, 5.41) is 1.34. The number of hydrogen-bond acceptors (Lipinski definition) is 0. The molecule has 1 aromatic heterocycles. The van der Waals surface area contributed by atoms with E-state index in [0.717, 1.165) is 6.54 Å². The predicted molar refractivity (Wildman–Crippen MR) is 116 cm³/mol. The lowest BCUT2D eigenvalue weighted by atomic mass is 9.88. The average molecular weight is 360 g/mol. The molecule has 0 spiro atoms.